The number of carbonyl (C=O) groups excluding carboxylic acids is 4. The molecule has 11 nitrogen and oxygen atoms in total. The van der Waals surface area contributed by atoms with Crippen LogP contribution in [0.3, 0.4) is 0 Å². The van der Waals surface area contributed by atoms with Crippen molar-refractivity contribution in [2.24, 2.45) is 11.5 Å². The van der Waals surface area contributed by atoms with Gasteiger partial charge in [0.05, 0.1) is 6.04 Å². The number of aliphatic carboxylic acids is 1. The number of likely N-dealkylation sites (tertiary alicyclic amines) is 1. The topological polar surface area (TPSA) is 185 Å². The van der Waals surface area contributed by atoms with Crippen molar-refractivity contribution >= 4 is 54.0 Å². The van der Waals surface area contributed by atoms with Crippen molar-refractivity contribution in [3.8, 4) is 0 Å². The van der Waals surface area contributed by atoms with Gasteiger partial charge in [0.15, 0.2) is 0 Å². The van der Waals surface area contributed by atoms with Crippen molar-refractivity contribution in [2.75, 3.05) is 24.3 Å². The van der Waals surface area contributed by atoms with Crippen LogP contribution >= 0.6 is 24.4 Å². The van der Waals surface area contributed by atoms with Gasteiger partial charge < -0.3 is 32.1 Å². The number of carboxylic acids is 1. The summed E-state index contributed by atoms with van der Waals surface area (Å²) in [5.74, 6) is -2.91. The molecule has 176 valence electrons. The van der Waals surface area contributed by atoms with Crippen LogP contribution in [0.1, 0.15) is 32.1 Å². The lowest BCUT2D eigenvalue weighted by molar-refractivity contribution is -0.143. The number of nitrogens with two attached hydrogens (primary N) is 2. The van der Waals surface area contributed by atoms with Gasteiger partial charge in [0.1, 0.15) is 18.1 Å². The molecule has 0 bridgehead atoms. The zero-order valence-electron chi connectivity index (χ0n) is 17.4. The van der Waals surface area contributed by atoms with Gasteiger partial charge in [0, 0.05) is 18.7 Å². The first-order valence-electron chi connectivity index (χ1n) is 9.90. The number of hydrogen-bond donors (Lipinski definition) is 6. The molecule has 31 heavy (non-hydrogen) atoms. The minimum Gasteiger partial charge on any atom is -0.480 e. The monoisotopic (exact) mass is 477 g/mol. The van der Waals surface area contributed by atoms with Gasteiger partial charge in [-0.2, -0.15) is 24.4 Å². The van der Waals surface area contributed by atoms with E-state index in [4.69, 9.17) is 11.5 Å². The minimum absolute atomic E-state index is 0.0409. The van der Waals surface area contributed by atoms with E-state index in [-0.39, 0.29) is 25.0 Å². The standard InChI is InChI=1S/C18H31N5O6S2/c1-31-8-6-11(18(28)29)21-15(25)12(9-30)22-16(26)13-3-2-7-23(13)17(27)10(19)4-5-14(20)24/h10-13,30H,2-9,19H2,1H3,(H2,20,24)(H,21,25)(H,22,26)(H,28,29). The van der Waals surface area contributed by atoms with Crippen LogP contribution < -0.4 is 22.1 Å². The Hall–Kier alpha value is -1.99. The quantitative estimate of drug-likeness (QED) is 0.170. The molecule has 7 N–H and O–H groups in total. The predicted molar refractivity (Wildman–Crippen MR) is 119 cm³/mol. The van der Waals surface area contributed by atoms with Gasteiger partial charge in [-0.05, 0) is 37.7 Å². The molecule has 0 aromatic carbocycles. The van der Waals surface area contributed by atoms with Crippen LogP contribution in [0, 0.1) is 0 Å². The van der Waals surface area contributed by atoms with Crippen LogP contribution in [-0.2, 0) is 24.0 Å². The fraction of sp³-hybridized carbons (Fsp3) is 0.722. The Bertz CT molecular complexity index is 680. The van der Waals surface area contributed by atoms with Crippen molar-refractivity contribution in [2.45, 2.75) is 56.3 Å². The van der Waals surface area contributed by atoms with Gasteiger partial charge in [0.2, 0.25) is 23.6 Å². The lowest BCUT2D eigenvalue weighted by Gasteiger charge is -2.28. The zero-order chi connectivity index (χ0) is 23.6. The molecule has 0 saturated carbocycles. The molecule has 1 rings (SSSR count). The highest BCUT2D eigenvalue weighted by atomic mass is 32.2. The third-order valence-electron chi connectivity index (χ3n) is 4.90. The number of thiol groups is 1. The number of carboxylic acid groups (broad SMARTS) is 1. The van der Waals surface area contributed by atoms with Crippen LogP contribution in [0.25, 0.3) is 0 Å². The number of nitrogens with zero attached hydrogens (tertiary/aromatic N) is 1. The second kappa shape index (κ2) is 13.4. The highest BCUT2D eigenvalue weighted by Gasteiger charge is 2.37. The molecule has 4 amide bonds. The molecule has 13 heteroatoms. The Morgan fingerprint density at radius 2 is 1.87 bits per heavy atom. The van der Waals surface area contributed by atoms with Crippen molar-refractivity contribution in [1.29, 1.82) is 0 Å². The van der Waals surface area contributed by atoms with E-state index in [0.717, 1.165) is 0 Å². The second-order valence-electron chi connectivity index (χ2n) is 7.23. The second-order valence-corrected chi connectivity index (χ2v) is 8.58. The normalized spacial score (nSPS) is 18.7. The molecular weight excluding hydrogens is 446 g/mol. The maximum Gasteiger partial charge on any atom is 0.326 e. The molecule has 4 atom stereocenters. The molecule has 1 fully saturated rings. The van der Waals surface area contributed by atoms with Gasteiger partial charge in [-0.25, -0.2) is 4.79 Å². The molecule has 0 aromatic heterocycles. The lowest BCUT2D eigenvalue weighted by atomic mass is 10.1. The van der Waals surface area contributed by atoms with Gasteiger partial charge in [-0.15, -0.1) is 0 Å². The first-order valence-corrected chi connectivity index (χ1v) is 11.9. The summed E-state index contributed by atoms with van der Waals surface area (Å²) in [6.07, 6.45) is 3.08. The average Bonchev–Trinajstić information content (AvgIpc) is 3.21. The van der Waals surface area contributed by atoms with E-state index in [9.17, 15) is 29.1 Å². The van der Waals surface area contributed by atoms with Crippen molar-refractivity contribution in [3.63, 3.8) is 0 Å². The number of primary amides is 1. The summed E-state index contributed by atoms with van der Waals surface area (Å²) < 4.78 is 0. The van der Waals surface area contributed by atoms with E-state index in [0.29, 0.717) is 25.1 Å². The fourth-order valence-corrected chi connectivity index (χ4v) is 3.89. The van der Waals surface area contributed by atoms with Crippen molar-refractivity contribution in [1.82, 2.24) is 15.5 Å². The summed E-state index contributed by atoms with van der Waals surface area (Å²) in [6.45, 7) is 0.328. The van der Waals surface area contributed by atoms with E-state index >= 15 is 0 Å². The number of carbonyl (C=O) groups is 5. The zero-order valence-corrected chi connectivity index (χ0v) is 19.1. The predicted octanol–water partition coefficient (Wildman–Crippen LogP) is -1.69. The smallest absolute Gasteiger partial charge is 0.326 e. The van der Waals surface area contributed by atoms with Crippen molar-refractivity contribution in [3.05, 3.63) is 0 Å². The molecule has 1 heterocycles. The largest absolute Gasteiger partial charge is 0.480 e. The molecule has 4 unspecified atom stereocenters. The van der Waals surface area contributed by atoms with Crippen LogP contribution in [-0.4, -0.2) is 88.1 Å². The number of rotatable bonds is 13. The van der Waals surface area contributed by atoms with Gasteiger partial charge in [-0.1, -0.05) is 0 Å². The maximum absolute atomic E-state index is 12.8. The number of amides is 4. The minimum atomic E-state index is -1.16. The Balaban J connectivity index is 2.74. The summed E-state index contributed by atoms with van der Waals surface area (Å²) in [5, 5.41) is 14.2. The summed E-state index contributed by atoms with van der Waals surface area (Å²) in [5.41, 5.74) is 10.9. The highest BCUT2D eigenvalue weighted by molar-refractivity contribution is 7.98. The lowest BCUT2D eigenvalue weighted by Crippen LogP contribution is -2.57. The average molecular weight is 478 g/mol. The molecule has 1 saturated heterocycles. The van der Waals surface area contributed by atoms with E-state index in [1.165, 1.54) is 16.7 Å². The maximum atomic E-state index is 12.8. The van der Waals surface area contributed by atoms with Gasteiger partial charge in [0.25, 0.3) is 0 Å². The summed E-state index contributed by atoms with van der Waals surface area (Å²) in [6, 6.07) is -3.91. The third-order valence-corrected chi connectivity index (χ3v) is 5.91. The Kier molecular flexibility index (Phi) is 11.7. The van der Waals surface area contributed by atoms with Crippen LogP contribution in [0.5, 0.6) is 0 Å². The number of thioether (sulfide) groups is 1. The molecule has 0 aromatic rings. The highest BCUT2D eigenvalue weighted by Crippen LogP contribution is 2.19. The van der Waals surface area contributed by atoms with Crippen LogP contribution in [0.2, 0.25) is 0 Å². The molecule has 0 radical (unpaired) electrons. The van der Waals surface area contributed by atoms with Crippen LogP contribution in [0.4, 0.5) is 0 Å². The first kappa shape index (κ1) is 27.0. The molecule has 0 aliphatic carbocycles. The summed E-state index contributed by atoms with van der Waals surface area (Å²) in [7, 11) is 0. The van der Waals surface area contributed by atoms with E-state index < -0.39 is 53.8 Å². The first-order chi connectivity index (χ1) is 14.6. The summed E-state index contributed by atoms with van der Waals surface area (Å²) >= 11 is 5.54. The Morgan fingerprint density at radius 1 is 1.19 bits per heavy atom. The Morgan fingerprint density at radius 3 is 2.42 bits per heavy atom. The molecule has 1 aliphatic heterocycles. The number of nitrogens with one attached hydrogen (secondary N) is 2. The SMILES string of the molecule is CSCCC(NC(=O)C(CS)NC(=O)C1CCCN1C(=O)C(N)CCC(N)=O)C(=O)O. The van der Waals surface area contributed by atoms with Gasteiger partial charge >= 0.3 is 5.97 Å². The molecule has 1 aliphatic rings. The Labute approximate surface area is 190 Å². The number of hydrogen-bond acceptors (Lipinski definition) is 8. The van der Waals surface area contributed by atoms with Crippen LogP contribution in [0.15, 0.2) is 0 Å². The summed E-state index contributed by atoms with van der Waals surface area (Å²) in [4.78, 5) is 61.4. The van der Waals surface area contributed by atoms with E-state index in [2.05, 4.69) is 23.3 Å². The molecule has 0 spiro atoms. The van der Waals surface area contributed by atoms with Gasteiger partial charge in [-0.3, -0.25) is 19.2 Å². The van der Waals surface area contributed by atoms with E-state index in [1.807, 2.05) is 6.26 Å². The van der Waals surface area contributed by atoms with E-state index in [1.54, 1.807) is 0 Å². The fourth-order valence-electron chi connectivity index (χ4n) is 3.16. The third kappa shape index (κ3) is 8.57. The van der Waals surface area contributed by atoms with Crippen molar-refractivity contribution < 1.29 is 29.1 Å². The molecular formula is C18H31N5O6S2.